The fraction of sp³-hybridized carbons (Fsp3) is 0.794. The highest BCUT2D eigenvalue weighted by Gasteiger charge is 2.19. The molecule has 0 radical (unpaired) electrons. The minimum atomic E-state index is -0.789. The monoisotopic (exact) mass is 965 g/mol. The first kappa shape index (κ1) is 66.1. The van der Waals surface area contributed by atoms with Gasteiger partial charge in [-0.1, -0.05) is 242 Å². The lowest BCUT2D eigenvalue weighted by molar-refractivity contribution is -0.167. The van der Waals surface area contributed by atoms with Gasteiger partial charge in [-0.15, -0.1) is 0 Å². The zero-order valence-electron chi connectivity index (χ0n) is 45.8. The summed E-state index contributed by atoms with van der Waals surface area (Å²) in [5.74, 6) is -0.905. The molecule has 0 N–H and O–H groups in total. The van der Waals surface area contributed by atoms with Crippen LogP contribution < -0.4 is 0 Å². The Bertz CT molecular complexity index is 1250. The van der Waals surface area contributed by atoms with Crippen LogP contribution >= 0.6 is 0 Å². The summed E-state index contributed by atoms with van der Waals surface area (Å²) < 4.78 is 16.9. The zero-order chi connectivity index (χ0) is 50.0. The van der Waals surface area contributed by atoms with Crippen LogP contribution in [0.1, 0.15) is 303 Å². The van der Waals surface area contributed by atoms with E-state index in [1.165, 1.54) is 167 Å². The number of carbonyl (C=O) groups is 3. The van der Waals surface area contributed by atoms with E-state index < -0.39 is 6.10 Å². The standard InChI is InChI=1S/C63H112O6/c1-4-7-10-13-16-19-22-25-28-31-33-35-38-41-44-47-50-53-56-62(65)68-59-60(58-67-61(64)55-52-49-46-43-40-37-34-30-27-24-21-18-15-12-9-6-3)69-63(66)57-54-51-48-45-42-39-36-32-29-26-23-20-17-14-11-8-5-2/h17,20,26,28-31,33-35,60H,4-16,18-19,21-25,27,32,36-59H2,1-3H3/b20-17-,29-26-,31-28-,34-30-,35-33-. The molecule has 0 saturated carbocycles. The summed E-state index contributed by atoms with van der Waals surface area (Å²) >= 11 is 0. The van der Waals surface area contributed by atoms with Gasteiger partial charge in [0.05, 0.1) is 0 Å². The molecule has 0 heterocycles. The summed E-state index contributed by atoms with van der Waals surface area (Å²) in [5.41, 5.74) is 0. The molecule has 0 aliphatic carbocycles. The Kier molecular flexibility index (Phi) is 55.3. The lowest BCUT2D eigenvalue weighted by Crippen LogP contribution is -2.30. The highest BCUT2D eigenvalue weighted by molar-refractivity contribution is 5.71. The van der Waals surface area contributed by atoms with Gasteiger partial charge in [0.2, 0.25) is 0 Å². The maximum atomic E-state index is 12.9. The third kappa shape index (κ3) is 55.9. The Morgan fingerprint density at radius 3 is 0.928 bits per heavy atom. The molecule has 1 unspecified atom stereocenters. The van der Waals surface area contributed by atoms with Crippen molar-refractivity contribution in [1.29, 1.82) is 0 Å². The Labute approximate surface area is 428 Å². The van der Waals surface area contributed by atoms with Crippen molar-refractivity contribution in [3.05, 3.63) is 60.8 Å². The number of rotatable bonds is 54. The van der Waals surface area contributed by atoms with Crippen LogP contribution in [0.4, 0.5) is 0 Å². The van der Waals surface area contributed by atoms with E-state index >= 15 is 0 Å². The topological polar surface area (TPSA) is 78.9 Å². The van der Waals surface area contributed by atoms with Crippen LogP contribution in [0.3, 0.4) is 0 Å². The van der Waals surface area contributed by atoms with Crippen molar-refractivity contribution in [3.8, 4) is 0 Å². The van der Waals surface area contributed by atoms with Gasteiger partial charge in [0.1, 0.15) is 13.2 Å². The van der Waals surface area contributed by atoms with Gasteiger partial charge in [0, 0.05) is 19.3 Å². The molecule has 6 nitrogen and oxygen atoms in total. The molecule has 0 aliphatic heterocycles. The molecule has 0 aliphatic rings. The quantitative estimate of drug-likeness (QED) is 0.0199. The highest BCUT2D eigenvalue weighted by atomic mass is 16.6. The number of hydrogen-bond acceptors (Lipinski definition) is 6. The Balaban J connectivity index is 4.42. The Hall–Kier alpha value is -2.89. The van der Waals surface area contributed by atoms with Crippen molar-refractivity contribution in [2.24, 2.45) is 0 Å². The molecule has 1 atom stereocenters. The van der Waals surface area contributed by atoms with E-state index in [1.807, 2.05) is 0 Å². The van der Waals surface area contributed by atoms with Crippen LogP contribution in [0.5, 0.6) is 0 Å². The minimum Gasteiger partial charge on any atom is -0.462 e. The van der Waals surface area contributed by atoms with E-state index in [4.69, 9.17) is 14.2 Å². The van der Waals surface area contributed by atoms with E-state index in [0.717, 1.165) is 96.3 Å². The van der Waals surface area contributed by atoms with E-state index in [9.17, 15) is 14.4 Å². The number of allylic oxidation sites excluding steroid dienone is 10. The summed E-state index contributed by atoms with van der Waals surface area (Å²) in [6.07, 6.45) is 72.1. The van der Waals surface area contributed by atoms with Gasteiger partial charge >= 0.3 is 17.9 Å². The van der Waals surface area contributed by atoms with Gasteiger partial charge in [0.25, 0.3) is 0 Å². The van der Waals surface area contributed by atoms with E-state index in [-0.39, 0.29) is 31.1 Å². The third-order valence-corrected chi connectivity index (χ3v) is 13.0. The van der Waals surface area contributed by atoms with Crippen LogP contribution in [-0.4, -0.2) is 37.2 Å². The Morgan fingerprint density at radius 1 is 0.304 bits per heavy atom. The number of carbonyl (C=O) groups excluding carboxylic acids is 3. The second-order valence-electron chi connectivity index (χ2n) is 19.9. The van der Waals surface area contributed by atoms with Crippen molar-refractivity contribution in [1.82, 2.24) is 0 Å². The molecule has 0 spiro atoms. The number of ether oxygens (including phenoxy) is 3. The minimum absolute atomic E-state index is 0.0859. The smallest absolute Gasteiger partial charge is 0.306 e. The van der Waals surface area contributed by atoms with E-state index in [0.29, 0.717) is 19.3 Å². The van der Waals surface area contributed by atoms with Crippen molar-refractivity contribution in [2.75, 3.05) is 13.2 Å². The SMILES string of the molecule is CCCCC/C=C\C/C=C\CCCCCCCCCC(=O)OC(COC(=O)CCCCCCC/C=C\C=C/CCCCCCCCC)COC(=O)CCCCCCC/C=C\CCCCCCCCC. The highest BCUT2D eigenvalue weighted by Crippen LogP contribution is 2.15. The van der Waals surface area contributed by atoms with Crippen LogP contribution in [0.25, 0.3) is 0 Å². The van der Waals surface area contributed by atoms with Crippen LogP contribution in [0.2, 0.25) is 0 Å². The predicted molar refractivity (Wildman–Crippen MR) is 298 cm³/mol. The number of unbranched alkanes of at least 4 members (excludes halogenated alkanes) is 34. The second kappa shape index (κ2) is 57.7. The van der Waals surface area contributed by atoms with Gasteiger partial charge < -0.3 is 14.2 Å². The Morgan fingerprint density at radius 2 is 0.565 bits per heavy atom. The van der Waals surface area contributed by atoms with Crippen LogP contribution in [0, 0.1) is 0 Å². The fourth-order valence-corrected chi connectivity index (χ4v) is 8.46. The molecule has 0 aromatic rings. The van der Waals surface area contributed by atoms with Crippen molar-refractivity contribution in [3.63, 3.8) is 0 Å². The van der Waals surface area contributed by atoms with Gasteiger partial charge in [-0.25, -0.2) is 0 Å². The first-order valence-corrected chi connectivity index (χ1v) is 29.8. The molecule has 400 valence electrons. The molecule has 0 aromatic heterocycles. The number of esters is 3. The molecule has 0 rings (SSSR count). The van der Waals surface area contributed by atoms with Crippen molar-refractivity contribution < 1.29 is 28.6 Å². The maximum Gasteiger partial charge on any atom is 0.306 e. The maximum absolute atomic E-state index is 12.9. The summed E-state index contributed by atoms with van der Waals surface area (Å²) in [7, 11) is 0. The molecule has 0 aromatic carbocycles. The van der Waals surface area contributed by atoms with Gasteiger partial charge in [-0.3, -0.25) is 14.4 Å². The molecule has 0 amide bonds. The van der Waals surface area contributed by atoms with Gasteiger partial charge in [-0.05, 0) is 103 Å². The third-order valence-electron chi connectivity index (χ3n) is 13.0. The molecule has 0 fully saturated rings. The predicted octanol–water partition coefficient (Wildman–Crippen LogP) is 20.0. The summed E-state index contributed by atoms with van der Waals surface area (Å²) in [6, 6.07) is 0. The average Bonchev–Trinajstić information content (AvgIpc) is 3.35. The normalized spacial score (nSPS) is 12.4. The van der Waals surface area contributed by atoms with Crippen molar-refractivity contribution >= 4 is 17.9 Å². The summed E-state index contributed by atoms with van der Waals surface area (Å²) in [5, 5.41) is 0. The van der Waals surface area contributed by atoms with E-state index in [1.54, 1.807) is 0 Å². The van der Waals surface area contributed by atoms with Crippen molar-refractivity contribution in [2.45, 2.75) is 309 Å². The van der Waals surface area contributed by atoms with Crippen LogP contribution in [-0.2, 0) is 28.6 Å². The molecule has 69 heavy (non-hydrogen) atoms. The fourth-order valence-electron chi connectivity index (χ4n) is 8.46. The lowest BCUT2D eigenvalue weighted by Gasteiger charge is -2.18. The molecule has 6 heteroatoms. The molecule has 0 saturated heterocycles. The summed E-state index contributed by atoms with van der Waals surface area (Å²) in [4.78, 5) is 38.2. The first-order chi connectivity index (χ1) is 34.0. The number of hydrogen-bond donors (Lipinski definition) is 0. The van der Waals surface area contributed by atoms with Gasteiger partial charge in [-0.2, -0.15) is 0 Å². The summed E-state index contributed by atoms with van der Waals surface area (Å²) in [6.45, 7) is 6.61. The van der Waals surface area contributed by atoms with Gasteiger partial charge in [0.15, 0.2) is 6.10 Å². The largest absolute Gasteiger partial charge is 0.462 e. The van der Waals surface area contributed by atoms with Crippen LogP contribution in [0.15, 0.2) is 60.8 Å². The molecular weight excluding hydrogens is 853 g/mol. The first-order valence-electron chi connectivity index (χ1n) is 29.8. The average molecular weight is 966 g/mol. The van der Waals surface area contributed by atoms with E-state index in [2.05, 4.69) is 81.5 Å². The zero-order valence-corrected chi connectivity index (χ0v) is 45.8. The second-order valence-corrected chi connectivity index (χ2v) is 19.9. The lowest BCUT2D eigenvalue weighted by atomic mass is 10.1. The molecule has 0 bridgehead atoms. The molecular formula is C63H112O6.